The highest BCUT2D eigenvalue weighted by Gasteiger charge is 2.29. The van der Waals surface area contributed by atoms with Crippen LogP contribution < -0.4 is 5.32 Å². The van der Waals surface area contributed by atoms with Crippen LogP contribution in [0.25, 0.3) is 0 Å². The maximum atomic E-state index is 13.6. The summed E-state index contributed by atoms with van der Waals surface area (Å²) < 4.78 is 13.6. The zero-order valence-corrected chi connectivity index (χ0v) is 15.2. The second-order valence-corrected chi connectivity index (χ2v) is 6.99. The van der Waals surface area contributed by atoms with E-state index in [1.165, 1.54) is 6.07 Å². The summed E-state index contributed by atoms with van der Waals surface area (Å²) in [6, 6.07) is 11.3. The van der Waals surface area contributed by atoms with Gasteiger partial charge in [-0.05, 0) is 61.7 Å². The van der Waals surface area contributed by atoms with Gasteiger partial charge < -0.3 is 10.2 Å². The van der Waals surface area contributed by atoms with Gasteiger partial charge in [0, 0.05) is 29.4 Å². The molecule has 4 nitrogen and oxygen atoms in total. The van der Waals surface area contributed by atoms with E-state index in [-0.39, 0.29) is 23.5 Å². The molecule has 0 aromatic heterocycles. The standard InChI is InChI=1S/C20H20ClFN2O2/c1-13-4-9-17(11-18(13)22)23-19(25)15-3-2-10-24(12-15)20(26)14-5-7-16(21)8-6-14/h4-9,11,15H,2-3,10,12H2,1H3,(H,23,25)/t15-/m0/s1. The summed E-state index contributed by atoms with van der Waals surface area (Å²) in [4.78, 5) is 26.8. The van der Waals surface area contributed by atoms with E-state index in [4.69, 9.17) is 11.6 Å². The van der Waals surface area contributed by atoms with Crippen LogP contribution in [0.5, 0.6) is 0 Å². The van der Waals surface area contributed by atoms with Crippen molar-refractivity contribution in [2.45, 2.75) is 19.8 Å². The van der Waals surface area contributed by atoms with Crippen molar-refractivity contribution in [3.8, 4) is 0 Å². The van der Waals surface area contributed by atoms with Crippen molar-refractivity contribution in [1.82, 2.24) is 4.90 Å². The largest absolute Gasteiger partial charge is 0.338 e. The molecule has 1 atom stereocenters. The van der Waals surface area contributed by atoms with Crippen molar-refractivity contribution in [3.05, 3.63) is 64.4 Å². The van der Waals surface area contributed by atoms with Crippen molar-refractivity contribution >= 4 is 29.1 Å². The van der Waals surface area contributed by atoms with Crippen LogP contribution in [0.4, 0.5) is 10.1 Å². The molecule has 0 unspecified atom stereocenters. The quantitative estimate of drug-likeness (QED) is 0.871. The molecule has 0 radical (unpaired) electrons. The normalized spacial score (nSPS) is 17.0. The molecule has 0 aliphatic carbocycles. The summed E-state index contributed by atoms with van der Waals surface area (Å²) in [7, 11) is 0. The molecule has 136 valence electrons. The number of nitrogens with zero attached hydrogens (tertiary/aromatic N) is 1. The van der Waals surface area contributed by atoms with Crippen LogP contribution in [-0.4, -0.2) is 29.8 Å². The Morgan fingerprint density at radius 1 is 1.19 bits per heavy atom. The molecule has 1 N–H and O–H groups in total. The number of carbonyl (C=O) groups excluding carboxylic acids is 2. The summed E-state index contributed by atoms with van der Waals surface area (Å²) in [6.07, 6.45) is 1.45. The lowest BCUT2D eigenvalue weighted by Crippen LogP contribution is -2.43. The first-order valence-electron chi connectivity index (χ1n) is 8.56. The fourth-order valence-electron chi connectivity index (χ4n) is 3.07. The molecule has 1 fully saturated rings. The average molecular weight is 375 g/mol. The molecular formula is C20H20ClFN2O2. The van der Waals surface area contributed by atoms with Crippen molar-refractivity contribution in [2.75, 3.05) is 18.4 Å². The van der Waals surface area contributed by atoms with Crippen LogP contribution in [0, 0.1) is 18.7 Å². The number of aryl methyl sites for hydroxylation is 1. The Morgan fingerprint density at radius 3 is 2.62 bits per heavy atom. The highest BCUT2D eigenvalue weighted by Crippen LogP contribution is 2.22. The summed E-state index contributed by atoms with van der Waals surface area (Å²) in [6.45, 7) is 2.63. The minimum absolute atomic E-state index is 0.111. The molecule has 0 saturated carbocycles. The Labute approximate surface area is 157 Å². The van der Waals surface area contributed by atoms with Gasteiger partial charge in [-0.25, -0.2) is 4.39 Å². The predicted molar refractivity (Wildman–Crippen MR) is 99.8 cm³/mol. The molecule has 0 spiro atoms. The molecule has 1 saturated heterocycles. The zero-order chi connectivity index (χ0) is 18.7. The number of benzene rings is 2. The number of likely N-dealkylation sites (tertiary alicyclic amines) is 1. The number of carbonyl (C=O) groups is 2. The van der Waals surface area contributed by atoms with E-state index < -0.39 is 0 Å². The number of anilines is 1. The highest BCUT2D eigenvalue weighted by atomic mass is 35.5. The average Bonchev–Trinajstić information content (AvgIpc) is 2.65. The molecule has 1 aliphatic heterocycles. The molecule has 2 aromatic rings. The van der Waals surface area contributed by atoms with E-state index >= 15 is 0 Å². The van der Waals surface area contributed by atoms with Gasteiger partial charge in [-0.15, -0.1) is 0 Å². The highest BCUT2D eigenvalue weighted by molar-refractivity contribution is 6.30. The Kier molecular flexibility index (Phi) is 5.57. The number of halogens is 2. The van der Waals surface area contributed by atoms with Crippen LogP contribution in [0.2, 0.25) is 5.02 Å². The van der Waals surface area contributed by atoms with Gasteiger partial charge in [-0.1, -0.05) is 17.7 Å². The molecule has 2 aromatic carbocycles. The van der Waals surface area contributed by atoms with E-state index in [0.717, 1.165) is 6.42 Å². The smallest absolute Gasteiger partial charge is 0.253 e. The van der Waals surface area contributed by atoms with Gasteiger partial charge in [-0.2, -0.15) is 0 Å². The maximum absolute atomic E-state index is 13.6. The Bertz CT molecular complexity index is 823. The molecule has 1 aliphatic rings. The Balaban J connectivity index is 1.65. The number of amides is 2. The van der Waals surface area contributed by atoms with Gasteiger partial charge in [0.15, 0.2) is 0 Å². The third-order valence-electron chi connectivity index (χ3n) is 4.61. The molecule has 6 heteroatoms. The van der Waals surface area contributed by atoms with E-state index in [1.54, 1.807) is 48.2 Å². The first-order valence-corrected chi connectivity index (χ1v) is 8.93. The van der Waals surface area contributed by atoms with Crippen LogP contribution in [0.3, 0.4) is 0 Å². The second kappa shape index (κ2) is 7.87. The molecular weight excluding hydrogens is 355 g/mol. The van der Waals surface area contributed by atoms with Gasteiger partial charge in [0.25, 0.3) is 5.91 Å². The molecule has 3 rings (SSSR count). The van der Waals surface area contributed by atoms with Gasteiger partial charge in [0.1, 0.15) is 5.82 Å². The number of piperidine rings is 1. The third-order valence-corrected chi connectivity index (χ3v) is 4.86. The SMILES string of the molecule is Cc1ccc(NC(=O)[C@H]2CCCN(C(=O)c3ccc(Cl)cc3)C2)cc1F. The maximum Gasteiger partial charge on any atom is 0.253 e. The minimum atomic E-state index is -0.356. The summed E-state index contributed by atoms with van der Waals surface area (Å²) >= 11 is 5.86. The minimum Gasteiger partial charge on any atom is -0.338 e. The van der Waals surface area contributed by atoms with Gasteiger partial charge in [-0.3, -0.25) is 9.59 Å². The fourth-order valence-corrected chi connectivity index (χ4v) is 3.19. The molecule has 26 heavy (non-hydrogen) atoms. The number of hydrogen-bond donors (Lipinski definition) is 1. The van der Waals surface area contributed by atoms with Gasteiger partial charge in [0.2, 0.25) is 5.91 Å². The fraction of sp³-hybridized carbons (Fsp3) is 0.300. The summed E-state index contributed by atoms with van der Waals surface area (Å²) in [5.74, 6) is -0.974. The molecule has 1 heterocycles. The van der Waals surface area contributed by atoms with E-state index in [0.29, 0.717) is 41.3 Å². The molecule has 0 bridgehead atoms. The van der Waals surface area contributed by atoms with Crippen molar-refractivity contribution < 1.29 is 14.0 Å². The van der Waals surface area contributed by atoms with E-state index in [2.05, 4.69) is 5.32 Å². The van der Waals surface area contributed by atoms with E-state index in [9.17, 15) is 14.0 Å². The Hall–Kier alpha value is -2.40. The number of rotatable bonds is 3. The van der Waals surface area contributed by atoms with Crippen LogP contribution in [-0.2, 0) is 4.79 Å². The van der Waals surface area contributed by atoms with Gasteiger partial charge >= 0.3 is 0 Å². The van der Waals surface area contributed by atoms with Crippen LogP contribution in [0.1, 0.15) is 28.8 Å². The topological polar surface area (TPSA) is 49.4 Å². The Morgan fingerprint density at radius 2 is 1.92 bits per heavy atom. The van der Waals surface area contributed by atoms with Gasteiger partial charge in [0.05, 0.1) is 5.92 Å². The van der Waals surface area contributed by atoms with Crippen LogP contribution >= 0.6 is 11.6 Å². The van der Waals surface area contributed by atoms with Crippen molar-refractivity contribution in [2.24, 2.45) is 5.92 Å². The lowest BCUT2D eigenvalue weighted by Gasteiger charge is -2.32. The van der Waals surface area contributed by atoms with E-state index in [1.807, 2.05) is 0 Å². The summed E-state index contributed by atoms with van der Waals surface area (Å²) in [5, 5.41) is 3.32. The second-order valence-electron chi connectivity index (χ2n) is 6.55. The number of hydrogen-bond acceptors (Lipinski definition) is 2. The first-order chi connectivity index (χ1) is 12.4. The van der Waals surface area contributed by atoms with Crippen LogP contribution in [0.15, 0.2) is 42.5 Å². The lowest BCUT2D eigenvalue weighted by molar-refractivity contribution is -0.121. The predicted octanol–water partition coefficient (Wildman–Crippen LogP) is 4.28. The molecule has 2 amide bonds. The van der Waals surface area contributed by atoms with Crippen molar-refractivity contribution in [3.63, 3.8) is 0 Å². The van der Waals surface area contributed by atoms with Crippen molar-refractivity contribution in [1.29, 1.82) is 0 Å². The lowest BCUT2D eigenvalue weighted by atomic mass is 9.96. The zero-order valence-electron chi connectivity index (χ0n) is 14.5. The first kappa shape index (κ1) is 18.4. The third kappa shape index (κ3) is 4.22. The summed E-state index contributed by atoms with van der Waals surface area (Å²) in [5.41, 5.74) is 1.51. The monoisotopic (exact) mass is 374 g/mol. The number of nitrogens with one attached hydrogen (secondary N) is 1.